The van der Waals surface area contributed by atoms with E-state index >= 15 is 0 Å². The van der Waals surface area contributed by atoms with Crippen LogP contribution in [0, 0.1) is 0 Å². The number of benzene rings is 1. The number of pyridine rings is 1. The van der Waals surface area contributed by atoms with Crippen molar-refractivity contribution < 1.29 is 14.3 Å². The SMILES string of the molecule is COc1cccc(CC(=O)N2CCN(C(=O)c3cc(-c4cccnc4)n[nH]3)CC2)c1. The highest BCUT2D eigenvalue weighted by Crippen LogP contribution is 2.18. The van der Waals surface area contributed by atoms with Crippen molar-refractivity contribution in [3.05, 3.63) is 66.1 Å². The number of rotatable bonds is 5. The van der Waals surface area contributed by atoms with Gasteiger partial charge in [0.2, 0.25) is 5.91 Å². The van der Waals surface area contributed by atoms with Gasteiger partial charge in [-0.2, -0.15) is 5.10 Å². The molecule has 8 nitrogen and oxygen atoms in total. The molecule has 1 aliphatic heterocycles. The lowest BCUT2D eigenvalue weighted by Crippen LogP contribution is -2.51. The number of carbonyl (C=O) groups excluding carboxylic acids is 2. The summed E-state index contributed by atoms with van der Waals surface area (Å²) in [5.74, 6) is 0.675. The maximum absolute atomic E-state index is 12.8. The van der Waals surface area contributed by atoms with Crippen LogP contribution in [0.1, 0.15) is 16.1 Å². The molecule has 30 heavy (non-hydrogen) atoms. The van der Waals surface area contributed by atoms with Crippen LogP contribution in [0.2, 0.25) is 0 Å². The van der Waals surface area contributed by atoms with Gasteiger partial charge in [0.25, 0.3) is 5.91 Å². The summed E-state index contributed by atoms with van der Waals surface area (Å²) in [6.45, 7) is 2.00. The third kappa shape index (κ3) is 4.32. The van der Waals surface area contributed by atoms with Crippen molar-refractivity contribution in [2.45, 2.75) is 6.42 Å². The fourth-order valence-corrected chi connectivity index (χ4v) is 3.49. The topological polar surface area (TPSA) is 91.4 Å². The monoisotopic (exact) mass is 405 g/mol. The van der Waals surface area contributed by atoms with E-state index in [4.69, 9.17) is 4.74 Å². The van der Waals surface area contributed by atoms with E-state index < -0.39 is 0 Å². The Morgan fingerprint density at radius 1 is 1.07 bits per heavy atom. The van der Waals surface area contributed by atoms with Gasteiger partial charge in [-0.3, -0.25) is 19.7 Å². The zero-order chi connectivity index (χ0) is 20.9. The Morgan fingerprint density at radius 3 is 2.60 bits per heavy atom. The number of hydrogen-bond donors (Lipinski definition) is 1. The fourth-order valence-electron chi connectivity index (χ4n) is 3.49. The lowest BCUT2D eigenvalue weighted by molar-refractivity contribution is -0.131. The number of amides is 2. The Labute approximate surface area is 174 Å². The van der Waals surface area contributed by atoms with Crippen molar-refractivity contribution in [2.75, 3.05) is 33.3 Å². The van der Waals surface area contributed by atoms with Crippen molar-refractivity contribution >= 4 is 11.8 Å². The molecule has 0 aliphatic carbocycles. The first-order valence-electron chi connectivity index (χ1n) is 9.80. The molecule has 8 heteroatoms. The predicted octanol–water partition coefficient (Wildman–Crippen LogP) is 2.01. The van der Waals surface area contributed by atoms with E-state index in [1.807, 2.05) is 36.4 Å². The van der Waals surface area contributed by atoms with Gasteiger partial charge in [-0.15, -0.1) is 0 Å². The molecule has 3 heterocycles. The zero-order valence-electron chi connectivity index (χ0n) is 16.7. The van der Waals surface area contributed by atoms with Crippen LogP contribution in [-0.2, 0) is 11.2 Å². The van der Waals surface area contributed by atoms with Crippen LogP contribution in [0.5, 0.6) is 5.75 Å². The van der Waals surface area contributed by atoms with E-state index in [0.717, 1.165) is 16.9 Å². The molecule has 1 fully saturated rings. The number of H-pyrrole nitrogens is 1. The van der Waals surface area contributed by atoms with Crippen molar-refractivity contribution in [3.8, 4) is 17.0 Å². The average molecular weight is 405 g/mol. The Balaban J connectivity index is 1.33. The standard InChI is InChI=1S/C22H23N5O3/c1-30-18-6-2-4-16(12-18)13-21(28)26-8-10-27(11-9-26)22(29)20-14-19(24-25-20)17-5-3-7-23-15-17/h2-7,12,14-15H,8-11,13H2,1H3,(H,24,25). The Morgan fingerprint density at radius 2 is 1.87 bits per heavy atom. The number of nitrogens with one attached hydrogen (secondary N) is 1. The second-order valence-electron chi connectivity index (χ2n) is 7.11. The molecule has 0 atom stereocenters. The van der Waals surface area contributed by atoms with Gasteiger partial charge in [-0.25, -0.2) is 0 Å². The molecular formula is C22H23N5O3. The second kappa shape index (κ2) is 8.77. The molecule has 0 unspecified atom stereocenters. The minimum atomic E-state index is -0.113. The van der Waals surface area contributed by atoms with Gasteiger partial charge >= 0.3 is 0 Å². The van der Waals surface area contributed by atoms with Gasteiger partial charge in [0.05, 0.1) is 19.2 Å². The van der Waals surface area contributed by atoms with E-state index in [1.165, 1.54) is 0 Å². The summed E-state index contributed by atoms with van der Waals surface area (Å²) in [4.78, 5) is 33.1. The highest BCUT2D eigenvalue weighted by atomic mass is 16.5. The predicted molar refractivity (Wildman–Crippen MR) is 111 cm³/mol. The highest BCUT2D eigenvalue weighted by molar-refractivity contribution is 5.93. The number of aromatic amines is 1. The van der Waals surface area contributed by atoms with E-state index in [-0.39, 0.29) is 11.8 Å². The number of ether oxygens (including phenoxy) is 1. The summed E-state index contributed by atoms with van der Waals surface area (Å²) in [6, 6.07) is 13.0. The van der Waals surface area contributed by atoms with Crippen LogP contribution in [0.15, 0.2) is 54.9 Å². The van der Waals surface area contributed by atoms with E-state index in [9.17, 15) is 9.59 Å². The molecular weight excluding hydrogens is 382 g/mol. The minimum Gasteiger partial charge on any atom is -0.497 e. The number of carbonyl (C=O) groups is 2. The molecule has 1 aromatic carbocycles. The molecule has 0 saturated carbocycles. The Hall–Kier alpha value is -3.68. The molecule has 1 saturated heterocycles. The molecule has 3 aromatic rings. The first-order chi connectivity index (χ1) is 14.6. The van der Waals surface area contributed by atoms with Gasteiger partial charge in [-0.1, -0.05) is 12.1 Å². The smallest absolute Gasteiger partial charge is 0.272 e. The number of methoxy groups -OCH3 is 1. The summed E-state index contributed by atoms with van der Waals surface area (Å²) >= 11 is 0. The summed E-state index contributed by atoms with van der Waals surface area (Å²) in [7, 11) is 1.61. The molecule has 154 valence electrons. The largest absolute Gasteiger partial charge is 0.497 e. The van der Waals surface area contributed by atoms with Crippen molar-refractivity contribution in [3.63, 3.8) is 0 Å². The van der Waals surface area contributed by atoms with E-state index in [0.29, 0.717) is 44.0 Å². The van der Waals surface area contributed by atoms with Crippen molar-refractivity contribution in [1.29, 1.82) is 0 Å². The van der Waals surface area contributed by atoms with E-state index in [1.54, 1.807) is 35.4 Å². The second-order valence-corrected chi connectivity index (χ2v) is 7.11. The molecule has 2 amide bonds. The lowest BCUT2D eigenvalue weighted by Gasteiger charge is -2.34. The molecule has 0 bridgehead atoms. The summed E-state index contributed by atoms with van der Waals surface area (Å²) in [5, 5.41) is 7.04. The van der Waals surface area contributed by atoms with E-state index in [2.05, 4.69) is 15.2 Å². The van der Waals surface area contributed by atoms with Gasteiger partial charge in [-0.05, 0) is 35.9 Å². The normalized spacial score (nSPS) is 13.9. The third-order valence-electron chi connectivity index (χ3n) is 5.17. The Bertz CT molecular complexity index is 1030. The number of hydrogen-bond acceptors (Lipinski definition) is 5. The zero-order valence-corrected chi connectivity index (χ0v) is 16.7. The molecule has 2 aromatic heterocycles. The van der Waals surface area contributed by atoms with Crippen LogP contribution in [0.25, 0.3) is 11.3 Å². The van der Waals surface area contributed by atoms with Crippen LogP contribution < -0.4 is 4.74 Å². The first kappa shape index (κ1) is 19.6. The molecule has 4 rings (SSSR count). The van der Waals surface area contributed by atoms with Crippen LogP contribution in [-0.4, -0.2) is 70.1 Å². The molecule has 0 spiro atoms. The lowest BCUT2D eigenvalue weighted by atomic mass is 10.1. The quantitative estimate of drug-likeness (QED) is 0.701. The van der Waals surface area contributed by atoms with Crippen molar-refractivity contribution in [1.82, 2.24) is 25.0 Å². The van der Waals surface area contributed by atoms with Crippen LogP contribution >= 0.6 is 0 Å². The van der Waals surface area contributed by atoms with Gasteiger partial charge in [0.1, 0.15) is 11.4 Å². The van der Waals surface area contributed by atoms with Gasteiger partial charge in [0.15, 0.2) is 0 Å². The average Bonchev–Trinajstić information content (AvgIpc) is 3.30. The first-order valence-corrected chi connectivity index (χ1v) is 9.80. The van der Waals surface area contributed by atoms with Gasteiger partial charge in [0, 0.05) is 44.1 Å². The maximum atomic E-state index is 12.8. The summed E-state index contributed by atoms with van der Waals surface area (Å²) in [6.07, 6.45) is 3.72. The number of piperazine rings is 1. The van der Waals surface area contributed by atoms with Crippen molar-refractivity contribution in [2.24, 2.45) is 0 Å². The fraction of sp³-hybridized carbons (Fsp3) is 0.273. The third-order valence-corrected chi connectivity index (χ3v) is 5.17. The maximum Gasteiger partial charge on any atom is 0.272 e. The number of aromatic nitrogens is 3. The number of nitrogens with zero attached hydrogens (tertiary/aromatic N) is 4. The Kier molecular flexibility index (Phi) is 5.74. The molecule has 0 radical (unpaired) electrons. The van der Waals surface area contributed by atoms with Crippen LogP contribution in [0.4, 0.5) is 0 Å². The molecule has 1 aliphatic rings. The van der Waals surface area contributed by atoms with Gasteiger partial charge < -0.3 is 14.5 Å². The summed E-state index contributed by atoms with van der Waals surface area (Å²) in [5.41, 5.74) is 2.88. The molecule has 1 N–H and O–H groups in total. The highest BCUT2D eigenvalue weighted by Gasteiger charge is 2.26. The minimum absolute atomic E-state index is 0.0516. The van der Waals surface area contributed by atoms with Crippen LogP contribution in [0.3, 0.4) is 0 Å². The summed E-state index contributed by atoms with van der Waals surface area (Å²) < 4.78 is 5.21.